The van der Waals surface area contributed by atoms with Crippen molar-refractivity contribution in [2.24, 2.45) is 10.9 Å². The fourth-order valence-electron chi connectivity index (χ4n) is 4.25. The molecular weight excluding hydrogens is 338 g/mol. The first-order valence-corrected chi connectivity index (χ1v) is 9.47. The molecule has 1 aromatic carbocycles. The van der Waals surface area contributed by atoms with E-state index in [4.69, 9.17) is 5.41 Å². The van der Waals surface area contributed by atoms with Gasteiger partial charge >= 0.3 is 6.03 Å². The molecule has 2 aromatic rings. The predicted octanol–water partition coefficient (Wildman–Crippen LogP) is 4.17. The Kier molecular flexibility index (Phi) is 4.56. The summed E-state index contributed by atoms with van der Waals surface area (Å²) in [6.45, 7) is 4.21. The maximum Gasteiger partial charge on any atom is 0.322 e. The summed E-state index contributed by atoms with van der Waals surface area (Å²) in [6.07, 6.45) is 6.78. The number of carbonyl (C=O) groups excluding carboxylic acids is 1. The molecule has 2 unspecified atom stereocenters. The molecule has 2 fully saturated rings. The van der Waals surface area contributed by atoms with Gasteiger partial charge in [0.2, 0.25) is 0 Å². The standard InChI is InChI=1S/C21H25N5O/c1-13-8-17-11-18(9-13)26(17)21(27)25-15-6-5-14(2)19(10-15)20(22)24-12-16-4-3-7-23-16/h3-7,10,12-13,17-18,22-23H,8-9,11H2,1-2H3,(H,25,27). The molecule has 2 amide bonds. The lowest BCUT2D eigenvalue weighted by molar-refractivity contribution is -0.00601. The number of aromatic nitrogens is 1. The van der Waals surface area contributed by atoms with Crippen LogP contribution in [0, 0.1) is 18.3 Å². The maximum atomic E-state index is 12.7. The van der Waals surface area contributed by atoms with Crippen molar-refractivity contribution in [2.75, 3.05) is 5.32 Å². The fraction of sp³-hybridized carbons (Fsp3) is 0.381. The van der Waals surface area contributed by atoms with E-state index in [1.54, 1.807) is 6.21 Å². The molecule has 140 valence electrons. The number of hydrogen-bond acceptors (Lipinski definition) is 2. The summed E-state index contributed by atoms with van der Waals surface area (Å²) in [7, 11) is 0. The van der Waals surface area contributed by atoms with Crippen molar-refractivity contribution in [3.8, 4) is 0 Å². The number of carbonyl (C=O) groups is 1. The number of fused-ring (bicyclic) bond motifs is 2. The average Bonchev–Trinajstić information content (AvgIpc) is 3.14. The second kappa shape index (κ2) is 7.02. The van der Waals surface area contributed by atoms with Gasteiger partial charge in [-0.1, -0.05) is 13.0 Å². The number of H-pyrrole nitrogens is 1. The lowest BCUT2D eigenvalue weighted by atomic mass is 9.74. The summed E-state index contributed by atoms with van der Waals surface area (Å²) in [5, 5.41) is 11.3. The van der Waals surface area contributed by atoms with Crippen molar-refractivity contribution in [1.29, 1.82) is 5.41 Å². The van der Waals surface area contributed by atoms with Gasteiger partial charge in [-0.05, 0) is 61.9 Å². The van der Waals surface area contributed by atoms with Crippen LogP contribution in [0.1, 0.15) is 43.0 Å². The molecule has 1 aromatic heterocycles. The molecule has 2 aliphatic heterocycles. The van der Waals surface area contributed by atoms with Gasteiger partial charge < -0.3 is 15.2 Å². The summed E-state index contributed by atoms with van der Waals surface area (Å²) in [5.74, 6) is 0.884. The van der Waals surface area contributed by atoms with Gasteiger partial charge in [-0.2, -0.15) is 0 Å². The molecular formula is C21H25N5O. The predicted molar refractivity (Wildman–Crippen MR) is 108 cm³/mol. The minimum atomic E-state index is -0.0284. The third kappa shape index (κ3) is 3.52. The number of aryl methyl sites for hydroxylation is 1. The van der Waals surface area contributed by atoms with Gasteiger partial charge in [0.05, 0.1) is 11.9 Å². The monoisotopic (exact) mass is 363 g/mol. The van der Waals surface area contributed by atoms with E-state index in [2.05, 4.69) is 22.2 Å². The molecule has 0 aliphatic carbocycles. The Balaban J connectivity index is 1.46. The molecule has 27 heavy (non-hydrogen) atoms. The smallest absolute Gasteiger partial charge is 0.322 e. The molecule has 2 saturated heterocycles. The summed E-state index contributed by atoms with van der Waals surface area (Å²) < 4.78 is 0. The van der Waals surface area contributed by atoms with Crippen LogP contribution in [0.5, 0.6) is 0 Å². The first-order chi connectivity index (χ1) is 13.0. The average molecular weight is 363 g/mol. The van der Waals surface area contributed by atoms with E-state index < -0.39 is 0 Å². The van der Waals surface area contributed by atoms with Gasteiger partial charge in [-0.15, -0.1) is 0 Å². The number of hydrogen-bond donors (Lipinski definition) is 3. The lowest BCUT2D eigenvalue weighted by Gasteiger charge is -2.54. The minimum absolute atomic E-state index is 0.0284. The van der Waals surface area contributed by atoms with Gasteiger partial charge in [-0.25, -0.2) is 9.79 Å². The number of aliphatic imine (C=N–C) groups is 1. The number of amides is 2. The van der Waals surface area contributed by atoms with Crippen LogP contribution in [-0.4, -0.2) is 40.0 Å². The Morgan fingerprint density at radius 1 is 1.30 bits per heavy atom. The van der Waals surface area contributed by atoms with E-state index in [1.165, 1.54) is 0 Å². The van der Waals surface area contributed by atoms with E-state index in [-0.39, 0.29) is 11.9 Å². The quantitative estimate of drug-likeness (QED) is 0.555. The number of anilines is 1. The van der Waals surface area contributed by atoms with Crippen LogP contribution >= 0.6 is 0 Å². The molecule has 3 N–H and O–H groups in total. The van der Waals surface area contributed by atoms with Gasteiger partial charge in [0, 0.05) is 29.5 Å². The zero-order chi connectivity index (χ0) is 19.0. The molecule has 0 saturated carbocycles. The third-order valence-corrected chi connectivity index (χ3v) is 5.61. The van der Waals surface area contributed by atoms with E-state index in [0.717, 1.165) is 30.5 Å². The molecule has 4 rings (SSSR count). The van der Waals surface area contributed by atoms with E-state index in [0.29, 0.717) is 29.3 Å². The molecule has 3 heterocycles. The van der Waals surface area contributed by atoms with Crippen LogP contribution in [0.25, 0.3) is 0 Å². The van der Waals surface area contributed by atoms with Crippen LogP contribution < -0.4 is 5.32 Å². The highest BCUT2D eigenvalue weighted by molar-refractivity contribution is 6.05. The summed E-state index contributed by atoms with van der Waals surface area (Å²) in [5.41, 5.74) is 3.23. The maximum absolute atomic E-state index is 12.7. The Labute approximate surface area is 159 Å². The van der Waals surface area contributed by atoms with Crippen LogP contribution in [0.3, 0.4) is 0 Å². The van der Waals surface area contributed by atoms with Gasteiger partial charge in [0.25, 0.3) is 0 Å². The summed E-state index contributed by atoms with van der Waals surface area (Å²) >= 11 is 0. The number of amidine groups is 1. The molecule has 2 atom stereocenters. The SMILES string of the molecule is Cc1ccc(NC(=O)N2C3CC(C)CC2C3)cc1C(=N)N=Cc1ccc[nH]1. The topological polar surface area (TPSA) is 84.3 Å². The Morgan fingerprint density at radius 3 is 2.78 bits per heavy atom. The molecule has 2 bridgehead atoms. The molecule has 6 nitrogen and oxygen atoms in total. The third-order valence-electron chi connectivity index (χ3n) is 5.61. The normalized spacial score (nSPS) is 23.9. The number of nitrogens with zero attached hydrogens (tertiary/aromatic N) is 2. The minimum Gasteiger partial charge on any atom is -0.360 e. The number of piperidine rings is 1. The zero-order valence-electron chi connectivity index (χ0n) is 15.7. The van der Waals surface area contributed by atoms with Crippen molar-refractivity contribution in [1.82, 2.24) is 9.88 Å². The highest BCUT2D eigenvalue weighted by Gasteiger charge is 2.46. The van der Waals surface area contributed by atoms with E-state index >= 15 is 0 Å². The zero-order valence-corrected chi connectivity index (χ0v) is 15.7. The largest absolute Gasteiger partial charge is 0.360 e. The first-order valence-electron chi connectivity index (χ1n) is 9.47. The fourth-order valence-corrected chi connectivity index (χ4v) is 4.25. The van der Waals surface area contributed by atoms with Gasteiger partial charge in [0.15, 0.2) is 5.84 Å². The van der Waals surface area contributed by atoms with Crippen LogP contribution in [-0.2, 0) is 0 Å². The van der Waals surface area contributed by atoms with Crippen LogP contribution in [0.2, 0.25) is 0 Å². The van der Waals surface area contributed by atoms with E-state index in [1.807, 2.05) is 48.4 Å². The van der Waals surface area contributed by atoms with Crippen molar-refractivity contribution >= 4 is 23.8 Å². The second-order valence-electron chi connectivity index (χ2n) is 7.72. The lowest BCUT2D eigenvalue weighted by Crippen LogP contribution is -2.63. The summed E-state index contributed by atoms with van der Waals surface area (Å²) in [6, 6.07) is 10.2. The number of nitrogens with one attached hydrogen (secondary N) is 3. The highest BCUT2D eigenvalue weighted by Crippen LogP contribution is 2.41. The molecule has 6 heteroatoms. The number of benzene rings is 1. The van der Waals surface area contributed by atoms with Crippen molar-refractivity contribution in [2.45, 2.75) is 45.2 Å². The Morgan fingerprint density at radius 2 is 2.07 bits per heavy atom. The first kappa shape index (κ1) is 17.5. The molecule has 2 aliphatic rings. The van der Waals surface area contributed by atoms with E-state index in [9.17, 15) is 4.79 Å². The van der Waals surface area contributed by atoms with Crippen LogP contribution in [0.15, 0.2) is 41.5 Å². The highest BCUT2D eigenvalue weighted by atomic mass is 16.2. The summed E-state index contributed by atoms with van der Waals surface area (Å²) in [4.78, 5) is 22.0. The Bertz CT molecular complexity index is 874. The second-order valence-corrected chi connectivity index (χ2v) is 7.72. The van der Waals surface area contributed by atoms with Gasteiger partial charge in [0.1, 0.15) is 0 Å². The number of aromatic amines is 1. The van der Waals surface area contributed by atoms with Crippen molar-refractivity contribution in [3.63, 3.8) is 0 Å². The van der Waals surface area contributed by atoms with Crippen LogP contribution in [0.4, 0.5) is 10.5 Å². The van der Waals surface area contributed by atoms with Crippen molar-refractivity contribution < 1.29 is 4.79 Å². The molecule has 0 radical (unpaired) electrons. The Hall–Kier alpha value is -2.89. The number of urea groups is 1. The number of rotatable bonds is 3. The molecule has 0 spiro atoms. The van der Waals surface area contributed by atoms with Gasteiger partial charge in [-0.3, -0.25) is 5.41 Å². The van der Waals surface area contributed by atoms with Crippen molar-refractivity contribution in [3.05, 3.63) is 53.3 Å².